The van der Waals surface area contributed by atoms with Crippen LogP contribution in [0, 0.1) is 0 Å². The van der Waals surface area contributed by atoms with Gasteiger partial charge >= 0.3 is 0 Å². The highest BCUT2D eigenvalue weighted by Gasteiger charge is 2.03. The number of carbonyl (C=O) groups excluding carboxylic acids is 1. The summed E-state index contributed by atoms with van der Waals surface area (Å²) >= 11 is 0. The first-order valence-corrected chi connectivity index (χ1v) is 5.86. The third kappa shape index (κ3) is 3.42. The summed E-state index contributed by atoms with van der Waals surface area (Å²) in [5.74, 6) is -0.0522. The molecule has 96 valence electrons. The number of phenolic OH excluding ortho intramolecular Hbond substituents is 1. The van der Waals surface area contributed by atoms with E-state index in [1.54, 1.807) is 55.5 Å². The number of nitrogens with zero attached hydrogens (tertiary/aromatic N) is 1. The topological polar surface area (TPSA) is 61.7 Å². The Bertz CT molecular complexity index is 589. The van der Waals surface area contributed by atoms with Crippen LogP contribution in [0.2, 0.25) is 0 Å². The lowest BCUT2D eigenvalue weighted by atomic mass is 10.1. The minimum absolute atomic E-state index is 0.199. The molecule has 0 heterocycles. The maximum Gasteiger partial charge on any atom is 0.271 e. The molecule has 0 aliphatic rings. The van der Waals surface area contributed by atoms with Gasteiger partial charge in [0.15, 0.2) is 0 Å². The number of nitrogens with one attached hydrogen (secondary N) is 1. The van der Waals surface area contributed by atoms with Crippen molar-refractivity contribution in [2.75, 3.05) is 0 Å². The van der Waals surface area contributed by atoms with Crippen LogP contribution in [-0.4, -0.2) is 16.7 Å². The predicted octanol–water partition coefficient (Wildman–Crippen LogP) is 2.55. The molecule has 4 heteroatoms. The van der Waals surface area contributed by atoms with Crippen LogP contribution in [0.15, 0.2) is 59.7 Å². The molecule has 0 saturated carbocycles. The van der Waals surface area contributed by atoms with Gasteiger partial charge in [-0.05, 0) is 48.9 Å². The van der Waals surface area contributed by atoms with E-state index in [1.807, 2.05) is 6.07 Å². The number of rotatable bonds is 3. The molecule has 0 aliphatic heterocycles. The van der Waals surface area contributed by atoms with E-state index in [4.69, 9.17) is 0 Å². The van der Waals surface area contributed by atoms with Gasteiger partial charge in [0.2, 0.25) is 0 Å². The summed E-state index contributed by atoms with van der Waals surface area (Å²) in [5.41, 5.74) is 4.57. The molecule has 0 bridgehead atoms. The maximum absolute atomic E-state index is 11.8. The van der Waals surface area contributed by atoms with Crippen LogP contribution in [0.4, 0.5) is 0 Å². The molecule has 2 N–H and O–H groups in total. The lowest BCUT2D eigenvalue weighted by Gasteiger charge is -2.03. The second-order valence-corrected chi connectivity index (χ2v) is 4.05. The molecule has 0 spiro atoms. The Balaban J connectivity index is 2.06. The molecule has 0 unspecified atom stereocenters. The molecule has 0 radical (unpaired) electrons. The van der Waals surface area contributed by atoms with Crippen molar-refractivity contribution in [3.63, 3.8) is 0 Å². The van der Waals surface area contributed by atoms with Crippen LogP contribution >= 0.6 is 0 Å². The Morgan fingerprint density at radius 3 is 2.26 bits per heavy atom. The molecule has 0 atom stereocenters. The van der Waals surface area contributed by atoms with Gasteiger partial charge in [0.25, 0.3) is 5.91 Å². The van der Waals surface area contributed by atoms with E-state index in [0.717, 1.165) is 5.56 Å². The molecule has 0 saturated heterocycles. The smallest absolute Gasteiger partial charge is 0.271 e. The lowest BCUT2D eigenvalue weighted by Crippen LogP contribution is -2.19. The fourth-order valence-corrected chi connectivity index (χ4v) is 1.56. The van der Waals surface area contributed by atoms with E-state index < -0.39 is 0 Å². The van der Waals surface area contributed by atoms with E-state index in [9.17, 15) is 9.90 Å². The number of hydrogen-bond acceptors (Lipinski definition) is 3. The number of benzene rings is 2. The SMILES string of the molecule is CC(=NNC(=O)c1ccccc1)c1ccc(O)cc1. The first kappa shape index (κ1) is 12.8. The van der Waals surface area contributed by atoms with Gasteiger partial charge in [-0.25, -0.2) is 5.43 Å². The van der Waals surface area contributed by atoms with Crippen molar-refractivity contribution in [1.82, 2.24) is 5.43 Å². The van der Waals surface area contributed by atoms with E-state index >= 15 is 0 Å². The number of phenols is 1. The van der Waals surface area contributed by atoms with Crippen LogP contribution in [0.5, 0.6) is 5.75 Å². The Labute approximate surface area is 111 Å². The molecular weight excluding hydrogens is 240 g/mol. The lowest BCUT2D eigenvalue weighted by molar-refractivity contribution is 0.0955. The van der Waals surface area contributed by atoms with E-state index in [1.165, 1.54) is 0 Å². The van der Waals surface area contributed by atoms with Crippen molar-refractivity contribution < 1.29 is 9.90 Å². The minimum Gasteiger partial charge on any atom is -0.508 e. The van der Waals surface area contributed by atoms with Crippen molar-refractivity contribution in [2.24, 2.45) is 5.10 Å². The Morgan fingerprint density at radius 2 is 1.63 bits per heavy atom. The van der Waals surface area contributed by atoms with Crippen molar-refractivity contribution >= 4 is 11.6 Å². The number of carbonyl (C=O) groups is 1. The molecular formula is C15H14N2O2. The molecule has 2 rings (SSSR count). The average Bonchev–Trinajstić information content (AvgIpc) is 2.46. The normalized spacial score (nSPS) is 11.1. The third-order valence-electron chi connectivity index (χ3n) is 2.65. The summed E-state index contributed by atoms with van der Waals surface area (Å²) < 4.78 is 0. The molecule has 0 aliphatic carbocycles. The van der Waals surface area contributed by atoms with Crippen LogP contribution < -0.4 is 5.43 Å². The number of aromatic hydroxyl groups is 1. The second kappa shape index (κ2) is 5.82. The van der Waals surface area contributed by atoms with Gasteiger partial charge in [-0.15, -0.1) is 0 Å². The Kier molecular flexibility index (Phi) is 3.93. The highest BCUT2D eigenvalue weighted by atomic mass is 16.3. The molecule has 2 aromatic carbocycles. The van der Waals surface area contributed by atoms with Crippen molar-refractivity contribution in [3.8, 4) is 5.75 Å². The Morgan fingerprint density at radius 1 is 1.00 bits per heavy atom. The zero-order valence-corrected chi connectivity index (χ0v) is 10.5. The molecule has 0 aromatic heterocycles. The minimum atomic E-state index is -0.251. The summed E-state index contributed by atoms with van der Waals surface area (Å²) in [7, 11) is 0. The van der Waals surface area contributed by atoms with Crippen molar-refractivity contribution in [2.45, 2.75) is 6.92 Å². The highest BCUT2D eigenvalue weighted by Crippen LogP contribution is 2.10. The van der Waals surface area contributed by atoms with Gasteiger partial charge in [0, 0.05) is 5.56 Å². The van der Waals surface area contributed by atoms with Crippen LogP contribution in [-0.2, 0) is 0 Å². The molecule has 4 nitrogen and oxygen atoms in total. The summed E-state index contributed by atoms with van der Waals surface area (Å²) in [6, 6.07) is 15.5. The zero-order chi connectivity index (χ0) is 13.7. The van der Waals surface area contributed by atoms with Gasteiger partial charge in [-0.2, -0.15) is 5.10 Å². The third-order valence-corrected chi connectivity index (χ3v) is 2.65. The summed E-state index contributed by atoms with van der Waals surface area (Å²) in [4.78, 5) is 11.8. The average molecular weight is 254 g/mol. The van der Waals surface area contributed by atoms with Crippen molar-refractivity contribution in [1.29, 1.82) is 0 Å². The number of hydrazone groups is 1. The Hall–Kier alpha value is -2.62. The summed E-state index contributed by atoms with van der Waals surface area (Å²) in [6.45, 7) is 1.79. The van der Waals surface area contributed by atoms with Gasteiger partial charge in [0.1, 0.15) is 5.75 Å². The van der Waals surface area contributed by atoms with Gasteiger partial charge < -0.3 is 5.11 Å². The van der Waals surface area contributed by atoms with Crippen LogP contribution in [0.25, 0.3) is 0 Å². The fraction of sp³-hybridized carbons (Fsp3) is 0.0667. The van der Waals surface area contributed by atoms with E-state index in [-0.39, 0.29) is 11.7 Å². The van der Waals surface area contributed by atoms with E-state index in [2.05, 4.69) is 10.5 Å². The first-order valence-electron chi connectivity index (χ1n) is 5.86. The maximum atomic E-state index is 11.8. The molecule has 19 heavy (non-hydrogen) atoms. The quantitative estimate of drug-likeness (QED) is 0.653. The molecule has 2 aromatic rings. The van der Waals surface area contributed by atoms with Gasteiger partial charge in [0.05, 0.1) is 5.71 Å². The second-order valence-electron chi connectivity index (χ2n) is 4.05. The van der Waals surface area contributed by atoms with Crippen molar-refractivity contribution in [3.05, 3.63) is 65.7 Å². The van der Waals surface area contributed by atoms with Gasteiger partial charge in [-0.1, -0.05) is 18.2 Å². The molecule has 0 fully saturated rings. The largest absolute Gasteiger partial charge is 0.508 e. The number of amides is 1. The monoisotopic (exact) mass is 254 g/mol. The summed E-state index contributed by atoms with van der Waals surface area (Å²) in [5, 5.41) is 13.2. The van der Waals surface area contributed by atoms with Gasteiger partial charge in [-0.3, -0.25) is 4.79 Å². The van der Waals surface area contributed by atoms with Crippen LogP contribution in [0.1, 0.15) is 22.8 Å². The highest BCUT2D eigenvalue weighted by molar-refractivity contribution is 6.00. The van der Waals surface area contributed by atoms with Crippen LogP contribution in [0.3, 0.4) is 0 Å². The summed E-state index contributed by atoms with van der Waals surface area (Å²) in [6.07, 6.45) is 0. The molecule has 1 amide bonds. The standard InChI is InChI=1S/C15H14N2O2/c1-11(12-7-9-14(18)10-8-12)16-17-15(19)13-5-3-2-4-6-13/h2-10,18H,1H3,(H,17,19). The van der Waals surface area contributed by atoms with E-state index in [0.29, 0.717) is 11.3 Å². The predicted molar refractivity (Wildman–Crippen MR) is 74.2 cm³/mol. The fourth-order valence-electron chi connectivity index (χ4n) is 1.56. The zero-order valence-electron chi connectivity index (χ0n) is 10.5. The first-order chi connectivity index (χ1) is 9.16. The number of hydrogen-bond donors (Lipinski definition) is 2.